The summed E-state index contributed by atoms with van der Waals surface area (Å²) in [5.41, 5.74) is 3.78. The highest BCUT2D eigenvalue weighted by molar-refractivity contribution is 6.21. The maximum atomic E-state index is 5.82. The maximum Gasteiger partial charge on any atom is 0.132 e. The lowest BCUT2D eigenvalue weighted by Gasteiger charge is -2.36. The molecule has 0 N–H and O–H groups in total. The highest BCUT2D eigenvalue weighted by Gasteiger charge is 2.24. The Balaban J connectivity index is 1.30. The smallest absolute Gasteiger partial charge is 0.132 e. The first-order valence-electron chi connectivity index (χ1n) is 10.2. The van der Waals surface area contributed by atoms with Crippen LogP contribution in [0.15, 0.2) is 54.2 Å². The SMILES string of the molecule is CC(C)Oc1ccc2c(c1)C(c1cc(N3CCN(c4ccncn4)CC3)ncn1)=N2. The molecule has 152 valence electrons. The minimum Gasteiger partial charge on any atom is -0.491 e. The Morgan fingerprint density at radius 2 is 1.63 bits per heavy atom. The van der Waals surface area contributed by atoms with E-state index in [9.17, 15) is 0 Å². The van der Waals surface area contributed by atoms with Crippen LogP contribution in [-0.2, 0) is 0 Å². The third-order valence-corrected chi connectivity index (χ3v) is 5.22. The first-order chi connectivity index (χ1) is 14.7. The molecule has 4 heterocycles. The van der Waals surface area contributed by atoms with Gasteiger partial charge in [-0.25, -0.2) is 24.9 Å². The molecule has 8 nitrogen and oxygen atoms in total. The van der Waals surface area contributed by atoms with Gasteiger partial charge in [0, 0.05) is 44.0 Å². The Morgan fingerprint density at radius 1 is 0.867 bits per heavy atom. The summed E-state index contributed by atoms with van der Waals surface area (Å²) in [5.74, 6) is 2.74. The van der Waals surface area contributed by atoms with E-state index in [2.05, 4.69) is 34.7 Å². The zero-order valence-electron chi connectivity index (χ0n) is 17.1. The van der Waals surface area contributed by atoms with Gasteiger partial charge in [0.15, 0.2) is 0 Å². The second-order valence-corrected chi connectivity index (χ2v) is 7.61. The first kappa shape index (κ1) is 18.5. The van der Waals surface area contributed by atoms with Crippen LogP contribution in [0, 0.1) is 0 Å². The largest absolute Gasteiger partial charge is 0.491 e. The normalized spacial score (nSPS) is 15.5. The van der Waals surface area contributed by atoms with Crippen molar-refractivity contribution in [3.05, 3.63) is 60.4 Å². The monoisotopic (exact) mass is 401 g/mol. The quantitative estimate of drug-likeness (QED) is 0.509. The summed E-state index contributed by atoms with van der Waals surface area (Å²) in [6, 6.07) is 9.96. The number of aliphatic imine (C=N–C) groups is 1. The number of benzene rings is 1. The number of rotatable bonds is 5. The summed E-state index contributed by atoms with van der Waals surface area (Å²) >= 11 is 0. The van der Waals surface area contributed by atoms with Gasteiger partial charge in [-0.2, -0.15) is 0 Å². The molecular weight excluding hydrogens is 378 g/mol. The predicted molar refractivity (Wildman–Crippen MR) is 116 cm³/mol. The van der Waals surface area contributed by atoms with Crippen LogP contribution in [0.2, 0.25) is 0 Å². The molecule has 3 aromatic rings. The molecule has 30 heavy (non-hydrogen) atoms. The van der Waals surface area contributed by atoms with Crippen LogP contribution in [0.25, 0.3) is 0 Å². The van der Waals surface area contributed by atoms with E-state index in [-0.39, 0.29) is 6.10 Å². The Hall–Kier alpha value is -3.55. The number of ether oxygens (including phenoxy) is 1. The van der Waals surface area contributed by atoms with E-state index >= 15 is 0 Å². The average Bonchev–Trinajstić information content (AvgIpc) is 2.76. The average molecular weight is 401 g/mol. The van der Waals surface area contributed by atoms with E-state index in [1.54, 1.807) is 18.9 Å². The van der Waals surface area contributed by atoms with Crippen molar-refractivity contribution in [2.75, 3.05) is 36.0 Å². The van der Waals surface area contributed by atoms with Crippen LogP contribution in [0.1, 0.15) is 25.1 Å². The minimum atomic E-state index is 0.134. The summed E-state index contributed by atoms with van der Waals surface area (Å²) in [7, 11) is 0. The van der Waals surface area contributed by atoms with Crippen LogP contribution in [0.5, 0.6) is 5.75 Å². The molecule has 0 unspecified atom stereocenters. The summed E-state index contributed by atoms with van der Waals surface area (Å²) in [6.45, 7) is 7.56. The van der Waals surface area contributed by atoms with Crippen molar-refractivity contribution in [1.82, 2.24) is 19.9 Å². The number of piperazine rings is 1. The summed E-state index contributed by atoms with van der Waals surface area (Å²) in [6.07, 6.45) is 5.12. The van der Waals surface area contributed by atoms with Crippen molar-refractivity contribution in [2.45, 2.75) is 20.0 Å². The van der Waals surface area contributed by atoms with Crippen molar-refractivity contribution < 1.29 is 4.74 Å². The van der Waals surface area contributed by atoms with Crippen molar-refractivity contribution in [1.29, 1.82) is 0 Å². The maximum absolute atomic E-state index is 5.82. The fourth-order valence-electron chi connectivity index (χ4n) is 3.76. The third kappa shape index (κ3) is 3.56. The van der Waals surface area contributed by atoms with Crippen LogP contribution in [0.3, 0.4) is 0 Å². The number of hydrogen-bond acceptors (Lipinski definition) is 8. The summed E-state index contributed by atoms with van der Waals surface area (Å²) < 4.78 is 5.82. The predicted octanol–water partition coefficient (Wildman–Crippen LogP) is 2.86. The zero-order chi connectivity index (χ0) is 20.5. The topological polar surface area (TPSA) is 79.6 Å². The lowest BCUT2D eigenvalue weighted by atomic mass is 9.99. The number of anilines is 2. The van der Waals surface area contributed by atoms with Gasteiger partial charge in [0.05, 0.1) is 23.2 Å². The number of nitrogens with zero attached hydrogens (tertiary/aromatic N) is 7. The molecule has 0 saturated carbocycles. The summed E-state index contributed by atoms with van der Waals surface area (Å²) in [5, 5.41) is 0. The Morgan fingerprint density at radius 3 is 2.37 bits per heavy atom. The van der Waals surface area contributed by atoms with E-state index in [4.69, 9.17) is 4.74 Å². The van der Waals surface area contributed by atoms with Gasteiger partial charge in [0.2, 0.25) is 0 Å². The lowest BCUT2D eigenvalue weighted by molar-refractivity contribution is 0.242. The standard InChI is InChI=1S/C22H23N7O/c1-15(2)30-16-3-4-18-17(11-16)22(27-18)19-12-21(26-14-24-19)29-9-7-28(8-10-29)20-5-6-23-13-25-20/h3-6,11-15H,7-10H2,1-2H3. The third-order valence-electron chi connectivity index (χ3n) is 5.22. The van der Waals surface area contributed by atoms with Crippen molar-refractivity contribution in [3.8, 4) is 5.75 Å². The van der Waals surface area contributed by atoms with Gasteiger partial charge in [0.1, 0.15) is 30.0 Å². The van der Waals surface area contributed by atoms with E-state index in [0.717, 1.165) is 66.2 Å². The van der Waals surface area contributed by atoms with Crippen molar-refractivity contribution >= 4 is 23.0 Å². The van der Waals surface area contributed by atoms with Gasteiger partial charge in [0.25, 0.3) is 0 Å². The van der Waals surface area contributed by atoms with E-state index < -0.39 is 0 Å². The fourth-order valence-corrected chi connectivity index (χ4v) is 3.76. The zero-order valence-corrected chi connectivity index (χ0v) is 17.1. The molecule has 0 spiro atoms. The molecule has 0 atom stereocenters. The van der Waals surface area contributed by atoms with Crippen LogP contribution < -0.4 is 14.5 Å². The van der Waals surface area contributed by atoms with Gasteiger partial charge in [-0.1, -0.05) is 0 Å². The van der Waals surface area contributed by atoms with Crippen LogP contribution >= 0.6 is 0 Å². The van der Waals surface area contributed by atoms with E-state index in [0.29, 0.717) is 0 Å². The van der Waals surface area contributed by atoms with Crippen molar-refractivity contribution in [2.24, 2.45) is 4.99 Å². The van der Waals surface area contributed by atoms with Gasteiger partial charge in [-0.3, -0.25) is 0 Å². The van der Waals surface area contributed by atoms with Crippen molar-refractivity contribution in [3.63, 3.8) is 0 Å². The first-order valence-corrected chi connectivity index (χ1v) is 10.2. The molecular formula is C22H23N7O. The second kappa shape index (κ2) is 7.70. The number of aromatic nitrogens is 4. The molecule has 1 aromatic carbocycles. The molecule has 5 rings (SSSR count). The minimum absolute atomic E-state index is 0.134. The molecule has 0 bridgehead atoms. The molecule has 2 aliphatic heterocycles. The molecule has 1 fully saturated rings. The second-order valence-electron chi connectivity index (χ2n) is 7.61. The van der Waals surface area contributed by atoms with E-state index in [1.165, 1.54) is 0 Å². The Labute approximate surface area is 175 Å². The summed E-state index contributed by atoms with van der Waals surface area (Å²) in [4.78, 5) is 26.5. The molecule has 8 heteroatoms. The Kier molecular flexibility index (Phi) is 4.74. The number of fused-ring (bicyclic) bond motifs is 1. The highest BCUT2D eigenvalue weighted by Crippen LogP contribution is 2.35. The molecule has 0 radical (unpaired) electrons. The molecule has 1 saturated heterocycles. The fraction of sp³-hybridized carbons (Fsp3) is 0.318. The highest BCUT2D eigenvalue weighted by atomic mass is 16.5. The van der Waals surface area contributed by atoms with Gasteiger partial charge >= 0.3 is 0 Å². The number of hydrogen-bond donors (Lipinski definition) is 0. The van der Waals surface area contributed by atoms with Gasteiger partial charge < -0.3 is 14.5 Å². The van der Waals surface area contributed by atoms with Gasteiger partial charge in [-0.15, -0.1) is 0 Å². The van der Waals surface area contributed by atoms with Crippen LogP contribution in [-0.4, -0.2) is 57.9 Å². The molecule has 0 amide bonds. The van der Waals surface area contributed by atoms with Crippen LogP contribution in [0.4, 0.5) is 17.3 Å². The van der Waals surface area contributed by atoms with E-state index in [1.807, 2.05) is 44.2 Å². The van der Waals surface area contributed by atoms with Gasteiger partial charge in [-0.05, 0) is 38.1 Å². The lowest BCUT2D eigenvalue weighted by Crippen LogP contribution is -2.47. The Bertz CT molecular complexity index is 1080. The molecule has 2 aromatic heterocycles. The molecule has 2 aliphatic rings. The molecule has 0 aliphatic carbocycles.